The maximum absolute atomic E-state index is 10.7. The number of benzene rings is 1. The Labute approximate surface area is 89.6 Å². The fourth-order valence-electron chi connectivity index (χ4n) is 1.32. The van der Waals surface area contributed by atoms with Crippen molar-refractivity contribution in [3.63, 3.8) is 0 Å². The molecule has 0 radical (unpaired) electrons. The molecule has 0 amide bonds. The highest BCUT2D eigenvalue weighted by Gasteiger charge is 2.09. The molecule has 0 bridgehead atoms. The molecular weight excluding hydrogens is 190 g/mol. The number of nitro groups is 1. The van der Waals surface area contributed by atoms with Crippen molar-refractivity contribution in [3.8, 4) is 0 Å². The molecule has 15 heavy (non-hydrogen) atoms. The lowest BCUT2D eigenvalue weighted by Crippen LogP contribution is -1.98. The van der Waals surface area contributed by atoms with E-state index in [0.29, 0.717) is 12.1 Å². The van der Waals surface area contributed by atoms with Gasteiger partial charge in [0, 0.05) is 12.5 Å². The quantitative estimate of drug-likeness (QED) is 0.545. The molecule has 0 spiro atoms. The maximum Gasteiger partial charge on any atom is 0.246 e. The number of hydrogen-bond donors (Lipinski definition) is 0. The lowest BCUT2D eigenvalue weighted by Gasteiger charge is -1.97. The standard InChI is InChI=1S/C12H15NO2/c1-2-3-9-12(13(14)15)10-11-7-5-4-6-8-11/h4-8,10H,2-3,9H2,1H3/b12-10+. The van der Waals surface area contributed by atoms with Crippen LogP contribution in [-0.2, 0) is 0 Å². The van der Waals surface area contributed by atoms with E-state index in [9.17, 15) is 10.1 Å². The van der Waals surface area contributed by atoms with Crippen molar-refractivity contribution in [2.75, 3.05) is 0 Å². The number of nitrogens with zero attached hydrogens (tertiary/aromatic N) is 1. The summed E-state index contributed by atoms with van der Waals surface area (Å²) in [6.45, 7) is 2.03. The predicted molar refractivity (Wildman–Crippen MR) is 60.9 cm³/mol. The molecule has 0 unspecified atom stereocenters. The average Bonchev–Trinajstić information content (AvgIpc) is 2.25. The van der Waals surface area contributed by atoms with Gasteiger partial charge in [-0.05, 0) is 12.0 Å². The smallest absolute Gasteiger partial charge is 0.246 e. The van der Waals surface area contributed by atoms with E-state index < -0.39 is 0 Å². The van der Waals surface area contributed by atoms with Crippen LogP contribution < -0.4 is 0 Å². The largest absolute Gasteiger partial charge is 0.259 e. The second kappa shape index (κ2) is 5.96. The molecule has 0 saturated carbocycles. The van der Waals surface area contributed by atoms with E-state index >= 15 is 0 Å². The lowest BCUT2D eigenvalue weighted by atomic mass is 10.1. The first-order chi connectivity index (χ1) is 7.24. The van der Waals surface area contributed by atoms with Gasteiger partial charge in [0.25, 0.3) is 0 Å². The minimum absolute atomic E-state index is 0.289. The zero-order chi connectivity index (χ0) is 11.1. The number of hydrogen-bond acceptors (Lipinski definition) is 2. The second-order valence-electron chi connectivity index (χ2n) is 3.41. The summed E-state index contributed by atoms with van der Waals surface area (Å²) in [5.74, 6) is 0. The van der Waals surface area contributed by atoms with Crippen molar-refractivity contribution >= 4 is 6.08 Å². The van der Waals surface area contributed by atoms with Gasteiger partial charge in [-0.15, -0.1) is 0 Å². The normalized spacial score (nSPS) is 11.4. The molecule has 0 fully saturated rings. The van der Waals surface area contributed by atoms with Crippen LogP contribution in [0.15, 0.2) is 36.0 Å². The van der Waals surface area contributed by atoms with Crippen LogP contribution in [0.1, 0.15) is 31.7 Å². The Morgan fingerprint density at radius 2 is 2.07 bits per heavy atom. The molecule has 0 atom stereocenters. The van der Waals surface area contributed by atoms with Gasteiger partial charge in [-0.1, -0.05) is 43.7 Å². The molecule has 0 aliphatic carbocycles. The lowest BCUT2D eigenvalue weighted by molar-refractivity contribution is -0.426. The molecule has 0 N–H and O–H groups in total. The van der Waals surface area contributed by atoms with Crippen LogP contribution in [0.4, 0.5) is 0 Å². The molecule has 0 aromatic heterocycles. The van der Waals surface area contributed by atoms with E-state index in [1.54, 1.807) is 6.08 Å². The van der Waals surface area contributed by atoms with Gasteiger partial charge in [0.1, 0.15) is 0 Å². The van der Waals surface area contributed by atoms with Crippen molar-refractivity contribution in [3.05, 3.63) is 51.7 Å². The topological polar surface area (TPSA) is 43.1 Å². The van der Waals surface area contributed by atoms with Gasteiger partial charge >= 0.3 is 0 Å². The molecule has 1 rings (SSSR count). The Bertz CT molecular complexity index is 344. The van der Waals surface area contributed by atoms with Crippen molar-refractivity contribution in [2.45, 2.75) is 26.2 Å². The summed E-state index contributed by atoms with van der Waals surface area (Å²) in [5, 5.41) is 10.7. The van der Waals surface area contributed by atoms with Gasteiger partial charge in [0.15, 0.2) is 0 Å². The van der Waals surface area contributed by atoms with Gasteiger partial charge in [0.05, 0.1) is 4.92 Å². The molecule has 0 heterocycles. The summed E-state index contributed by atoms with van der Waals surface area (Å²) in [5.41, 5.74) is 1.18. The Kier molecular flexibility index (Phi) is 4.54. The third-order valence-corrected chi connectivity index (χ3v) is 2.15. The first kappa shape index (κ1) is 11.4. The van der Waals surface area contributed by atoms with Crippen molar-refractivity contribution < 1.29 is 4.92 Å². The van der Waals surface area contributed by atoms with Crippen molar-refractivity contribution in [2.24, 2.45) is 0 Å². The highest BCUT2D eigenvalue weighted by Crippen LogP contribution is 2.13. The second-order valence-corrected chi connectivity index (χ2v) is 3.41. The highest BCUT2D eigenvalue weighted by molar-refractivity contribution is 5.50. The van der Waals surface area contributed by atoms with Gasteiger partial charge in [-0.2, -0.15) is 0 Å². The van der Waals surface area contributed by atoms with E-state index in [1.807, 2.05) is 37.3 Å². The number of rotatable bonds is 5. The summed E-state index contributed by atoms with van der Waals surface area (Å²) in [6, 6.07) is 9.40. The average molecular weight is 205 g/mol. The van der Waals surface area contributed by atoms with E-state index in [-0.39, 0.29) is 4.92 Å². The van der Waals surface area contributed by atoms with Crippen molar-refractivity contribution in [1.29, 1.82) is 0 Å². The molecule has 0 aliphatic heterocycles. The number of allylic oxidation sites excluding steroid dienone is 1. The van der Waals surface area contributed by atoms with Crippen LogP contribution in [0.2, 0.25) is 0 Å². The Morgan fingerprint density at radius 3 is 2.60 bits per heavy atom. The summed E-state index contributed by atoms with van der Waals surface area (Å²) in [4.78, 5) is 10.5. The Morgan fingerprint density at radius 1 is 1.40 bits per heavy atom. The molecule has 3 nitrogen and oxygen atoms in total. The van der Waals surface area contributed by atoms with E-state index in [2.05, 4.69) is 0 Å². The Balaban J connectivity index is 2.79. The van der Waals surface area contributed by atoms with Crippen LogP contribution in [0, 0.1) is 10.1 Å². The van der Waals surface area contributed by atoms with Crippen LogP contribution in [0.3, 0.4) is 0 Å². The van der Waals surface area contributed by atoms with E-state index in [0.717, 1.165) is 18.4 Å². The van der Waals surface area contributed by atoms with Crippen molar-refractivity contribution in [1.82, 2.24) is 0 Å². The summed E-state index contributed by atoms with van der Waals surface area (Å²) in [7, 11) is 0. The van der Waals surface area contributed by atoms with Crippen LogP contribution in [0.25, 0.3) is 6.08 Å². The first-order valence-corrected chi connectivity index (χ1v) is 5.14. The third-order valence-electron chi connectivity index (χ3n) is 2.15. The zero-order valence-electron chi connectivity index (χ0n) is 8.85. The summed E-state index contributed by atoms with van der Waals surface area (Å²) in [6.07, 6.45) is 4.02. The third kappa shape index (κ3) is 3.94. The maximum atomic E-state index is 10.7. The summed E-state index contributed by atoms with van der Waals surface area (Å²) >= 11 is 0. The zero-order valence-corrected chi connectivity index (χ0v) is 8.85. The molecule has 1 aromatic carbocycles. The molecule has 0 aliphatic rings. The minimum atomic E-state index is -0.289. The number of unbranched alkanes of at least 4 members (excludes halogenated alkanes) is 1. The van der Waals surface area contributed by atoms with Crippen LogP contribution in [-0.4, -0.2) is 4.92 Å². The predicted octanol–water partition coefficient (Wildman–Crippen LogP) is 3.49. The van der Waals surface area contributed by atoms with E-state index in [1.165, 1.54) is 0 Å². The fraction of sp³-hybridized carbons (Fsp3) is 0.333. The molecule has 80 valence electrons. The SMILES string of the molecule is CCCC/C(=C\c1ccccc1)[N+](=O)[O-]. The Hall–Kier alpha value is -1.64. The van der Waals surface area contributed by atoms with Crippen LogP contribution in [0.5, 0.6) is 0 Å². The minimum Gasteiger partial charge on any atom is -0.259 e. The van der Waals surface area contributed by atoms with Crippen LogP contribution >= 0.6 is 0 Å². The summed E-state index contributed by atoms with van der Waals surface area (Å²) < 4.78 is 0. The fourth-order valence-corrected chi connectivity index (χ4v) is 1.32. The molecule has 0 saturated heterocycles. The monoisotopic (exact) mass is 205 g/mol. The molecule has 1 aromatic rings. The van der Waals surface area contributed by atoms with Gasteiger partial charge in [0.2, 0.25) is 5.70 Å². The highest BCUT2D eigenvalue weighted by atomic mass is 16.6. The van der Waals surface area contributed by atoms with Gasteiger partial charge < -0.3 is 0 Å². The van der Waals surface area contributed by atoms with Gasteiger partial charge in [-0.3, -0.25) is 10.1 Å². The van der Waals surface area contributed by atoms with E-state index in [4.69, 9.17) is 0 Å². The van der Waals surface area contributed by atoms with Gasteiger partial charge in [-0.25, -0.2) is 0 Å². The molecular formula is C12H15NO2. The molecule has 3 heteroatoms. The first-order valence-electron chi connectivity index (χ1n) is 5.14.